The molecule has 0 saturated carbocycles. The quantitative estimate of drug-likeness (QED) is 0.394. The summed E-state index contributed by atoms with van der Waals surface area (Å²) in [4.78, 5) is 7.93. The molecule has 0 unspecified atom stereocenters. The second-order valence-electron chi connectivity index (χ2n) is 5.41. The first-order valence-electron chi connectivity index (χ1n) is 7.08. The normalized spacial score (nSPS) is 11.8. The van der Waals surface area contributed by atoms with E-state index in [0.717, 1.165) is 11.0 Å². The van der Waals surface area contributed by atoms with Gasteiger partial charge in [0.1, 0.15) is 0 Å². The smallest absolute Gasteiger partial charge is 0.0716 e. The SMILES string of the molecule is c1ccc2c(c1)cc1cc[nH]c3cnc4cccc2c4c3-1. The van der Waals surface area contributed by atoms with Crippen LogP contribution >= 0.6 is 0 Å². The summed E-state index contributed by atoms with van der Waals surface area (Å²) in [5, 5.41) is 5.03. The van der Waals surface area contributed by atoms with E-state index >= 15 is 0 Å². The summed E-state index contributed by atoms with van der Waals surface area (Å²) in [5.74, 6) is 0. The third kappa shape index (κ3) is 1.39. The summed E-state index contributed by atoms with van der Waals surface area (Å²) in [6, 6.07) is 19.3. The molecule has 1 aliphatic carbocycles. The molecule has 0 atom stereocenters. The number of H-pyrrole nitrogens is 1. The van der Waals surface area contributed by atoms with Gasteiger partial charge in [0.2, 0.25) is 0 Å². The number of nitrogens with one attached hydrogen (secondary N) is 1. The molecule has 0 fully saturated rings. The van der Waals surface area contributed by atoms with E-state index in [1.807, 2.05) is 12.4 Å². The van der Waals surface area contributed by atoms with Crippen molar-refractivity contribution in [3.63, 3.8) is 0 Å². The van der Waals surface area contributed by atoms with Crippen molar-refractivity contribution in [2.24, 2.45) is 0 Å². The molecule has 1 N–H and O–H groups in total. The maximum absolute atomic E-state index is 4.61. The summed E-state index contributed by atoms with van der Waals surface area (Å²) >= 11 is 0. The Kier molecular flexibility index (Phi) is 1.98. The lowest BCUT2D eigenvalue weighted by atomic mass is 9.99. The molecule has 2 heteroatoms. The average Bonchev–Trinajstić information content (AvgIpc) is 2.69. The Morgan fingerprint density at radius 3 is 2.76 bits per heavy atom. The van der Waals surface area contributed by atoms with Gasteiger partial charge >= 0.3 is 0 Å². The summed E-state index contributed by atoms with van der Waals surface area (Å²) in [7, 11) is 0. The molecule has 0 amide bonds. The topological polar surface area (TPSA) is 28.7 Å². The molecule has 3 aromatic rings. The van der Waals surface area contributed by atoms with Crippen molar-refractivity contribution in [2.75, 3.05) is 0 Å². The minimum Gasteiger partial charge on any atom is -0.360 e. The summed E-state index contributed by atoms with van der Waals surface area (Å²) in [6.07, 6.45) is 3.91. The number of benzene rings is 2. The van der Waals surface area contributed by atoms with Gasteiger partial charge in [-0.25, -0.2) is 0 Å². The number of pyridine rings is 2. The van der Waals surface area contributed by atoms with Crippen LogP contribution in [0.5, 0.6) is 0 Å². The first-order chi connectivity index (χ1) is 10.4. The first kappa shape index (κ1) is 10.9. The second-order valence-corrected chi connectivity index (χ2v) is 5.41. The predicted molar refractivity (Wildman–Crippen MR) is 87.7 cm³/mol. The van der Waals surface area contributed by atoms with Gasteiger partial charge in [-0.2, -0.15) is 0 Å². The van der Waals surface area contributed by atoms with Crippen molar-refractivity contribution in [2.45, 2.75) is 0 Å². The van der Waals surface area contributed by atoms with E-state index in [2.05, 4.69) is 64.6 Å². The van der Waals surface area contributed by atoms with Crippen molar-refractivity contribution in [1.29, 1.82) is 0 Å². The van der Waals surface area contributed by atoms with Crippen LogP contribution < -0.4 is 0 Å². The summed E-state index contributed by atoms with van der Waals surface area (Å²) < 4.78 is 0. The fourth-order valence-corrected chi connectivity index (χ4v) is 3.34. The van der Waals surface area contributed by atoms with Crippen LogP contribution in [0.15, 0.2) is 67.0 Å². The number of rotatable bonds is 0. The van der Waals surface area contributed by atoms with E-state index < -0.39 is 0 Å². The number of hydrogen-bond acceptors (Lipinski definition) is 1. The van der Waals surface area contributed by atoms with Crippen LogP contribution in [0.3, 0.4) is 0 Å². The maximum atomic E-state index is 4.61. The van der Waals surface area contributed by atoms with Gasteiger partial charge in [0.05, 0.1) is 17.2 Å². The molecule has 2 aromatic carbocycles. The van der Waals surface area contributed by atoms with Gasteiger partial charge in [-0.3, -0.25) is 4.98 Å². The van der Waals surface area contributed by atoms with Crippen molar-refractivity contribution < 1.29 is 0 Å². The lowest BCUT2D eigenvalue weighted by Crippen LogP contribution is -1.89. The summed E-state index contributed by atoms with van der Waals surface area (Å²) in [5.41, 5.74) is 4.63. The van der Waals surface area contributed by atoms with E-state index in [9.17, 15) is 0 Å². The lowest BCUT2D eigenvalue weighted by Gasteiger charge is -2.10. The zero-order valence-corrected chi connectivity index (χ0v) is 11.3. The van der Waals surface area contributed by atoms with Gasteiger partial charge in [-0.15, -0.1) is 0 Å². The Morgan fingerprint density at radius 2 is 1.76 bits per heavy atom. The fourth-order valence-electron chi connectivity index (χ4n) is 3.34. The Balaban J connectivity index is 2.26. The Labute approximate surface area is 121 Å². The first-order valence-corrected chi connectivity index (χ1v) is 7.08. The molecule has 2 heterocycles. The molecule has 2 aliphatic rings. The molecule has 0 saturated heterocycles. The highest BCUT2D eigenvalue weighted by molar-refractivity contribution is 6.20. The third-order valence-electron chi connectivity index (χ3n) is 4.25. The van der Waals surface area contributed by atoms with Crippen LogP contribution in [0.2, 0.25) is 0 Å². The van der Waals surface area contributed by atoms with Crippen molar-refractivity contribution in [3.05, 3.63) is 67.0 Å². The Bertz CT molecular complexity index is 1090. The van der Waals surface area contributed by atoms with Crippen LogP contribution in [0.1, 0.15) is 0 Å². The summed E-state index contributed by atoms with van der Waals surface area (Å²) in [6.45, 7) is 0. The molecule has 1 aliphatic heterocycles. The molecule has 1 aromatic heterocycles. The minimum atomic E-state index is 1.05. The van der Waals surface area contributed by atoms with Crippen LogP contribution in [-0.2, 0) is 0 Å². The van der Waals surface area contributed by atoms with E-state index in [1.54, 1.807) is 0 Å². The van der Waals surface area contributed by atoms with Crippen LogP contribution in [-0.4, -0.2) is 9.97 Å². The number of aromatic nitrogens is 2. The van der Waals surface area contributed by atoms with E-state index in [0.29, 0.717) is 0 Å². The number of aromatic amines is 1. The molecule has 5 rings (SSSR count). The van der Waals surface area contributed by atoms with E-state index in [-0.39, 0.29) is 0 Å². The van der Waals surface area contributed by atoms with Gasteiger partial charge < -0.3 is 4.98 Å². The molecule has 2 nitrogen and oxygen atoms in total. The molecular weight excluding hydrogens is 256 g/mol. The van der Waals surface area contributed by atoms with Gasteiger partial charge in [-0.05, 0) is 39.9 Å². The monoisotopic (exact) mass is 268 g/mol. The molecule has 0 bridgehead atoms. The zero-order chi connectivity index (χ0) is 13.8. The maximum Gasteiger partial charge on any atom is 0.0716 e. The van der Waals surface area contributed by atoms with Crippen molar-refractivity contribution in [3.8, 4) is 11.1 Å². The highest BCUT2D eigenvalue weighted by Crippen LogP contribution is 2.38. The van der Waals surface area contributed by atoms with E-state index in [4.69, 9.17) is 0 Å². The molecular formula is C19H12N2. The van der Waals surface area contributed by atoms with Gasteiger partial charge in [0, 0.05) is 17.1 Å². The van der Waals surface area contributed by atoms with Crippen LogP contribution in [0.25, 0.3) is 43.7 Å². The van der Waals surface area contributed by atoms with Crippen LogP contribution in [0.4, 0.5) is 0 Å². The van der Waals surface area contributed by atoms with E-state index in [1.165, 1.54) is 32.7 Å². The highest BCUT2D eigenvalue weighted by Gasteiger charge is 2.14. The third-order valence-corrected chi connectivity index (χ3v) is 4.25. The largest absolute Gasteiger partial charge is 0.360 e. The lowest BCUT2D eigenvalue weighted by molar-refractivity contribution is 1.34. The Hall–Kier alpha value is -2.87. The zero-order valence-electron chi connectivity index (χ0n) is 11.3. The number of fused-ring (bicyclic) bond motifs is 2. The van der Waals surface area contributed by atoms with Gasteiger partial charge in [0.15, 0.2) is 0 Å². The van der Waals surface area contributed by atoms with Gasteiger partial charge in [-0.1, -0.05) is 36.4 Å². The Morgan fingerprint density at radius 1 is 0.857 bits per heavy atom. The number of hydrogen-bond donors (Lipinski definition) is 1. The number of nitrogens with zero attached hydrogens (tertiary/aromatic N) is 1. The van der Waals surface area contributed by atoms with Gasteiger partial charge in [0.25, 0.3) is 0 Å². The standard InChI is InChI=1S/C19H12N2/c1-2-5-14-12(4-1)10-13-8-9-20-17-11-21-16-7-3-6-15(14)19(16)18(13)17/h1-11,20H. The molecule has 0 radical (unpaired) electrons. The molecule has 98 valence electrons. The fraction of sp³-hybridized carbons (Fsp3) is 0. The van der Waals surface area contributed by atoms with Crippen LogP contribution in [0, 0.1) is 0 Å². The average molecular weight is 268 g/mol. The van der Waals surface area contributed by atoms with Crippen molar-refractivity contribution in [1.82, 2.24) is 9.97 Å². The second kappa shape index (κ2) is 3.83. The molecule has 21 heavy (non-hydrogen) atoms. The molecule has 0 spiro atoms. The predicted octanol–water partition coefficient (Wildman–Crippen LogP) is 4.97. The van der Waals surface area contributed by atoms with Crippen molar-refractivity contribution >= 4 is 32.6 Å². The highest BCUT2D eigenvalue weighted by atomic mass is 14.7. The minimum absolute atomic E-state index is 1.05.